The van der Waals surface area contributed by atoms with Gasteiger partial charge in [0.15, 0.2) is 0 Å². The zero-order valence-electron chi connectivity index (χ0n) is 7.65. The lowest BCUT2D eigenvalue weighted by atomic mass is 10.1. The number of ether oxygens (including phenoxy) is 1. The van der Waals surface area contributed by atoms with Gasteiger partial charge in [-0.05, 0) is 24.6 Å². The highest BCUT2D eigenvalue weighted by molar-refractivity contribution is 5.66. The number of hydrogen-bond acceptors (Lipinski definition) is 3. The van der Waals surface area contributed by atoms with Gasteiger partial charge >= 0.3 is 5.97 Å². The molecule has 0 saturated carbocycles. The molecular formula is C10H12O3. The fraction of sp³-hybridized carbons (Fsp3) is 0.300. The first kappa shape index (κ1) is 9.58. The van der Waals surface area contributed by atoms with Crippen LogP contribution in [0.2, 0.25) is 0 Å². The van der Waals surface area contributed by atoms with Crippen LogP contribution < -0.4 is 0 Å². The predicted octanol–water partition coefficient (Wildman–Crippen LogP) is 2.02. The maximum Gasteiger partial charge on any atom is 0.303 e. The van der Waals surface area contributed by atoms with Gasteiger partial charge in [0.1, 0.15) is 11.9 Å². The van der Waals surface area contributed by atoms with Crippen LogP contribution in [0, 0.1) is 0 Å². The summed E-state index contributed by atoms with van der Waals surface area (Å²) in [5, 5.41) is 9.01. The van der Waals surface area contributed by atoms with E-state index in [9.17, 15) is 4.79 Å². The lowest BCUT2D eigenvalue weighted by Gasteiger charge is -2.11. The zero-order valence-corrected chi connectivity index (χ0v) is 7.65. The Morgan fingerprint density at radius 1 is 1.38 bits per heavy atom. The van der Waals surface area contributed by atoms with E-state index >= 15 is 0 Å². The third-order valence-corrected chi connectivity index (χ3v) is 1.71. The van der Waals surface area contributed by atoms with Gasteiger partial charge in [0.25, 0.3) is 0 Å². The molecule has 0 aliphatic heterocycles. The summed E-state index contributed by atoms with van der Waals surface area (Å²) in [5.74, 6) is -0.0978. The number of phenols is 1. The van der Waals surface area contributed by atoms with Crippen molar-refractivity contribution >= 4 is 5.97 Å². The Morgan fingerprint density at radius 3 is 2.38 bits per heavy atom. The molecule has 1 rings (SSSR count). The van der Waals surface area contributed by atoms with Crippen LogP contribution in [-0.2, 0) is 9.53 Å². The summed E-state index contributed by atoms with van der Waals surface area (Å²) in [6, 6.07) is 6.58. The molecule has 3 nitrogen and oxygen atoms in total. The number of hydrogen-bond donors (Lipinski definition) is 1. The number of carbonyl (C=O) groups is 1. The van der Waals surface area contributed by atoms with Crippen LogP contribution in [0.5, 0.6) is 5.75 Å². The van der Waals surface area contributed by atoms with E-state index < -0.39 is 0 Å². The molecule has 70 valence electrons. The van der Waals surface area contributed by atoms with Crippen molar-refractivity contribution < 1.29 is 14.6 Å². The van der Waals surface area contributed by atoms with E-state index in [1.165, 1.54) is 6.92 Å². The maximum absolute atomic E-state index is 10.6. The summed E-state index contributed by atoms with van der Waals surface area (Å²) in [6.07, 6.45) is -0.266. The Morgan fingerprint density at radius 2 is 1.92 bits per heavy atom. The van der Waals surface area contributed by atoms with E-state index in [-0.39, 0.29) is 17.8 Å². The van der Waals surface area contributed by atoms with Gasteiger partial charge in [0, 0.05) is 6.92 Å². The quantitative estimate of drug-likeness (QED) is 0.708. The molecule has 0 aromatic heterocycles. The largest absolute Gasteiger partial charge is 0.508 e. The van der Waals surface area contributed by atoms with Crippen LogP contribution in [0.3, 0.4) is 0 Å². The molecule has 1 aromatic rings. The summed E-state index contributed by atoms with van der Waals surface area (Å²) >= 11 is 0. The number of aromatic hydroxyl groups is 1. The fourth-order valence-corrected chi connectivity index (χ4v) is 1.06. The number of rotatable bonds is 2. The molecule has 13 heavy (non-hydrogen) atoms. The second-order valence-electron chi connectivity index (χ2n) is 2.84. The van der Waals surface area contributed by atoms with Crippen molar-refractivity contribution in [2.75, 3.05) is 0 Å². The molecule has 0 aliphatic rings. The molecule has 0 fully saturated rings. The van der Waals surface area contributed by atoms with E-state index in [1.807, 2.05) is 0 Å². The standard InChI is InChI=1S/C10H12O3/c1-7(13-8(2)11)9-3-5-10(12)6-4-9/h3-7,12H,1-2H3. The van der Waals surface area contributed by atoms with E-state index in [1.54, 1.807) is 31.2 Å². The monoisotopic (exact) mass is 180 g/mol. The number of esters is 1. The van der Waals surface area contributed by atoms with Crippen LogP contribution in [-0.4, -0.2) is 11.1 Å². The Labute approximate surface area is 77.0 Å². The van der Waals surface area contributed by atoms with E-state index in [0.29, 0.717) is 0 Å². The summed E-state index contributed by atoms with van der Waals surface area (Å²) in [5.41, 5.74) is 0.869. The predicted molar refractivity (Wildman–Crippen MR) is 48.3 cm³/mol. The molecule has 1 aromatic carbocycles. The smallest absolute Gasteiger partial charge is 0.303 e. The van der Waals surface area contributed by atoms with Gasteiger partial charge in [-0.15, -0.1) is 0 Å². The third-order valence-electron chi connectivity index (χ3n) is 1.71. The summed E-state index contributed by atoms with van der Waals surface area (Å²) < 4.78 is 4.96. The molecule has 1 atom stereocenters. The molecule has 0 spiro atoms. The van der Waals surface area contributed by atoms with Gasteiger partial charge in [-0.1, -0.05) is 12.1 Å². The average molecular weight is 180 g/mol. The van der Waals surface area contributed by atoms with Crippen molar-refractivity contribution in [1.82, 2.24) is 0 Å². The summed E-state index contributed by atoms with van der Waals surface area (Å²) in [6.45, 7) is 3.16. The minimum atomic E-state index is -0.305. The minimum absolute atomic E-state index is 0.207. The van der Waals surface area contributed by atoms with Crippen LogP contribution in [0.25, 0.3) is 0 Å². The SMILES string of the molecule is CC(=O)OC(C)c1ccc(O)cc1. The lowest BCUT2D eigenvalue weighted by Crippen LogP contribution is -2.04. The number of benzene rings is 1. The van der Waals surface area contributed by atoms with Crippen molar-refractivity contribution in [2.45, 2.75) is 20.0 Å². The highest BCUT2D eigenvalue weighted by atomic mass is 16.5. The first-order valence-electron chi connectivity index (χ1n) is 4.05. The van der Waals surface area contributed by atoms with E-state index in [0.717, 1.165) is 5.56 Å². The Hall–Kier alpha value is -1.51. The van der Waals surface area contributed by atoms with Gasteiger partial charge < -0.3 is 9.84 Å². The van der Waals surface area contributed by atoms with Gasteiger partial charge in [-0.3, -0.25) is 4.79 Å². The molecule has 0 heterocycles. The average Bonchev–Trinajstić information content (AvgIpc) is 2.04. The maximum atomic E-state index is 10.6. The molecule has 0 radical (unpaired) electrons. The second-order valence-corrected chi connectivity index (χ2v) is 2.84. The molecule has 0 aliphatic carbocycles. The normalized spacial score (nSPS) is 12.2. The van der Waals surface area contributed by atoms with Crippen LogP contribution >= 0.6 is 0 Å². The first-order chi connectivity index (χ1) is 6.09. The molecule has 1 N–H and O–H groups in total. The zero-order chi connectivity index (χ0) is 9.84. The van der Waals surface area contributed by atoms with Gasteiger partial charge in [-0.2, -0.15) is 0 Å². The van der Waals surface area contributed by atoms with E-state index in [4.69, 9.17) is 9.84 Å². The second kappa shape index (κ2) is 3.94. The Balaban J connectivity index is 2.71. The molecule has 0 saturated heterocycles. The highest BCUT2D eigenvalue weighted by Crippen LogP contribution is 2.19. The fourth-order valence-electron chi connectivity index (χ4n) is 1.06. The lowest BCUT2D eigenvalue weighted by molar-refractivity contribution is -0.145. The summed E-state index contributed by atoms with van der Waals surface area (Å²) in [4.78, 5) is 10.6. The molecule has 1 unspecified atom stereocenters. The van der Waals surface area contributed by atoms with Crippen molar-refractivity contribution in [3.63, 3.8) is 0 Å². The molecular weight excluding hydrogens is 168 g/mol. The van der Waals surface area contributed by atoms with Crippen LogP contribution in [0.1, 0.15) is 25.5 Å². The first-order valence-corrected chi connectivity index (χ1v) is 4.05. The third kappa shape index (κ3) is 2.78. The number of carbonyl (C=O) groups excluding carboxylic acids is 1. The topological polar surface area (TPSA) is 46.5 Å². The van der Waals surface area contributed by atoms with Crippen LogP contribution in [0.15, 0.2) is 24.3 Å². The van der Waals surface area contributed by atoms with Crippen molar-refractivity contribution in [3.05, 3.63) is 29.8 Å². The van der Waals surface area contributed by atoms with Gasteiger partial charge in [0.2, 0.25) is 0 Å². The highest BCUT2D eigenvalue weighted by Gasteiger charge is 2.07. The van der Waals surface area contributed by atoms with Crippen molar-refractivity contribution in [1.29, 1.82) is 0 Å². The molecule has 3 heteroatoms. The Bertz CT molecular complexity index is 290. The van der Waals surface area contributed by atoms with Crippen molar-refractivity contribution in [3.8, 4) is 5.75 Å². The van der Waals surface area contributed by atoms with Gasteiger partial charge in [-0.25, -0.2) is 0 Å². The number of phenolic OH excluding ortho intramolecular Hbond substituents is 1. The molecule has 0 bridgehead atoms. The van der Waals surface area contributed by atoms with Crippen molar-refractivity contribution in [2.24, 2.45) is 0 Å². The summed E-state index contributed by atoms with van der Waals surface area (Å²) in [7, 11) is 0. The van der Waals surface area contributed by atoms with E-state index in [2.05, 4.69) is 0 Å². The van der Waals surface area contributed by atoms with Gasteiger partial charge in [0.05, 0.1) is 0 Å². The molecule has 0 amide bonds. The Kier molecular flexibility index (Phi) is 2.90. The minimum Gasteiger partial charge on any atom is -0.508 e. The van der Waals surface area contributed by atoms with Crippen LogP contribution in [0.4, 0.5) is 0 Å².